The molecule has 128 valence electrons. The lowest BCUT2D eigenvalue weighted by Gasteiger charge is -2.33. The standard InChI is InChI=1S/C17H27N3O2S/c1-6-19-7-9-20(10-8-19)15(21)14-12(2)11-13(23-14)18-16(22)17(3,4)5/h11H,6-10H2,1-5H3,(H,18,22). The Kier molecular flexibility index (Phi) is 5.47. The number of likely N-dealkylation sites (N-methyl/N-ethyl adjacent to an activating group) is 1. The Labute approximate surface area is 142 Å². The van der Waals surface area contributed by atoms with Gasteiger partial charge >= 0.3 is 0 Å². The fourth-order valence-electron chi connectivity index (χ4n) is 2.47. The number of nitrogens with zero attached hydrogens (tertiary/aromatic N) is 2. The van der Waals surface area contributed by atoms with E-state index in [9.17, 15) is 9.59 Å². The molecular weight excluding hydrogens is 310 g/mol. The van der Waals surface area contributed by atoms with Crippen LogP contribution in [0.1, 0.15) is 42.9 Å². The summed E-state index contributed by atoms with van der Waals surface area (Å²) in [4.78, 5) is 29.8. The quantitative estimate of drug-likeness (QED) is 0.923. The Morgan fingerprint density at radius 2 is 1.83 bits per heavy atom. The van der Waals surface area contributed by atoms with Gasteiger partial charge in [0.1, 0.15) is 0 Å². The molecule has 0 unspecified atom stereocenters. The summed E-state index contributed by atoms with van der Waals surface area (Å²) in [6.07, 6.45) is 0. The molecule has 6 heteroatoms. The second-order valence-electron chi connectivity index (χ2n) is 7.05. The Hall–Kier alpha value is -1.40. The van der Waals surface area contributed by atoms with E-state index in [1.54, 1.807) is 0 Å². The predicted octanol–water partition coefficient (Wildman–Crippen LogP) is 2.82. The number of hydrogen-bond donors (Lipinski definition) is 1. The normalized spacial score (nSPS) is 16.5. The number of aryl methyl sites for hydroxylation is 1. The molecule has 2 rings (SSSR count). The molecule has 5 nitrogen and oxygen atoms in total. The molecule has 1 aliphatic rings. The van der Waals surface area contributed by atoms with Gasteiger partial charge in [-0.25, -0.2) is 0 Å². The van der Waals surface area contributed by atoms with E-state index in [1.807, 2.05) is 38.7 Å². The van der Waals surface area contributed by atoms with Crippen molar-refractivity contribution in [3.63, 3.8) is 0 Å². The zero-order valence-corrected chi connectivity index (χ0v) is 15.5. The minimum Gasteiger partial charge on any atom is -0.335 e. The van der Waals surface area contributed by atoms with Crippen molar-refractivity contribution in [2.45, 2.75) is 34.6 Å². The van der Waals surface area contributed by atoms with Gasteiger partial charge in [-0.05, 0) is 25.1 Å². The molecular formula is C17H27N3O2S. The summed E-state index contributed by atoms with van der Waals surface area (Å²) in [7, 11) is 0. The van der Waals surface area contributed by atoms with Crippen LogP contribution in [0.15, 0.2) is 6.07 Å². The van der Waals surface area contributed by atoms with E-state index >= 15 is 0 Å². The first-order valence-corrected chi connectivity index (χ1v) is 8.97. The molecule has 23 heavy (non-hydrogen) atoms. The zero-order valence-electron chi connectivity index (χ0n) is 14.7. The van der Waals surface area contributed by atoms with Crippen molar-refractivity contribution < 1.29 is 9.59 Å². The summed E-state index contributed by atoms with van der Waals surface area (Å²) in [6, 6.07) is 1.89. The predicted molar refractivity (Wildman–Crippen MR) is 95.2 cm³/mol. The second-order valence-corrected chi connectivity index (χ2v) is 8.11. The maximum atomic E-state index is 12.7. The van der Waals surface area contributed by atoms with Gasteiger partial charge in [-0.2, -0.15) is 0 Å². The summed E-state index contributed by atoms with van der Waals surface area (Å²) < 4.78 is 0. The molecule has 2 heterocycles. The lowest BCUT2D eigenvalue weighted by atomic mass is 9.96. The number of piperazine rings is 1. The summed E-state index contributed by atoms with van der Waals surface area (Å²) >= 11 is 1.38. The molecule has 1 saturated heterocycles. The zero-order chi connectivity index (χ0) is 17.2. The number of anilines is 1. The van der Waals surface area contributed by atoms with E-state index in [2.05, 4.69) is 17.1 Å². The van der Waals surface area contributed by atoms with Crippen molar-refractivity contribution in [1.29, 1.82) is 0 Å². The van der Waals surface area contributed by atoms with Gasteiger partial charge < -0.3 is 15.1 Å². The average Bonchev–Trinajstić information content (AvgIpc) is 2.86. The van der Waals surface area contributed by atoms with Crippen LogP contribution in [0.4, 0.5) is 5.00 Å². The largest absolute Gasteiger partial charge is 0.335 e. The third-order valence-electron chi connectivity index (χ3n) is 4.14. The van der Waals surface area contributed by atoms with Gasteiger partial charge in [0.2, 0.25) is 5.91 Å². The smallest absolute Gasteiger partial charge is 0.264 e. The third kappa shape index (κ3) is 4.32. The fraction of sp³-hybridized carbons (Fsp3) is 0.647. The number of carbonyl (C=O) groups excluding carboxylic acids is 2. The van der Waals surface area contributed by atoms with Crippen LogP contribution in [-0.2, 0) is 4.79 Å². The molecule has 1 N–H and O–H groups in total. The first-order valence-electron chi connectivity index (χ1n) is 8.16. The van der Waals surface area contributed by atoms with Crippen LogP contribution in [0.25, 0.3) is 0 Å². The van der Waals surface area contributed by atoms with Crippen LogP contribution in [0, 0.1) is 12.3 Å². The van der Waals surface area contributed by atoms with Gasteiger partial charge in [0.25, 0.3) is 5.91 Å². The first kappa shape index (κ1) is 17.9. The van der Waals surface area contributed by atoms with E-state index in [-0.39, 0.29) is 11.8 Å². The molecule has 0 aliphatic carbocycles. The molecule has 2 amide bonds. The van der Waals surface area contributed by atoms with Crippen LogP contribution in [0.5, 0.6) is 0 Å². The lowest BCUT2D eigenvalue weighted by Crippen LogP contribution is -2.48. The van der Waals surface area contributed by atoms with E-state index in [0.717, 1.165) is 48.2 Å². The molecule has 1 aromatic rings. The number of thiophene rings is 1. The summed E-state index contributed by atoms with van der Waals surface area (Å²) in [5, 5.41) is 3.67. The van der Waals surface area contributed by atoms with Crippen LogP contribution in [0.3, 0.4) is 0 Å². The molecule has 1 aromatic heterocycles. The van der Waals surface area contributed by atoms with E-state index < -0.39 is 5.41 Å². The number of rotatable bonds is 3. The highest BCUT2D eigenvalue weighted by Crippen LogP contribution is 2.29. The highest BCUT2D eigenvalue weighted by molar-refractivity contribution is 7.18. The Morgan fingerprint density at radius 3 is 2.35 bits per heavy atom. The van der Waals surface area contributed by atoms with Gasteiger partial charge in [0.15, 0.2) is 0 Å². The monoisotopic (exact) mass is 337 g/mol. The summed E-state index contributed by atoms with van der Waals surface area (Å²) in [5.41, 5.74) is 0.487. The fourth-order valence-corrected chi connectivity index (χ4v) is 3.50. The number of carbonyl (C=O) groups is 2. The van der Waals surface area contributed by atoms with Crippen molar-refractivity contribution in [2.24, 2.45) is 5.41 Å². The van der Waals surface area contributed by atoms with Crippen molar-refractivity contribution in [1.82, 2.24) is 9.80 Å². The second kappa shape index (κ2) is 7.01. The van der Waals surface area contributed by atoms with Gasteiger partial charge in [-0.1, -0.05) is 27.7 Å². The van der Waals surface area contributed by atoms with E-state index in [4.69, 9.17) is 0 Å². The van der Waals surface area contributed by atoms with Crippen LogP contribution >= 0.6 is 11.3 Å². The molecule has 0 spiro atoms. The highest BCUT2D eigenvalue weighted by atomic mass is 32.1. The Balaban J connectivity index is 2.06. The average molecular weight is 337 g/mol. The van der Waals surface area contributed by atoms with E-state index in [0.29, 0.717) is 0 Å². The van der Waals surface area contributed by atoms with Crippen LogP contribution in [0.2, 0.25) is 0 Å². The van der Waals surface area contributed by atoms with Crippen LogP contribution in [-0.4, -0.2) is 54.3 Å². The van der Waals surface area contributed by atoms with Gasteiger partial charge in [0.05, 0.1) is 9.88 Å². The molecule has 0 radical (unpaired) electrons. The third-order valence-corrected chi connectivity index (χ3v) is 5.28. The van der Waals surface area contributed by atoms with Crippen molar-refractivity contribution >= 4 is 28.2 Å². The number of nitrogens with one attached hydrogen (secondary N) is 1. The first-order chi connectivity index (χ1) is 10.7. The maximum absolute atomic E-state index is 12.7. The minimum absolute atomic E-state index is 0.0330. The molecule has 1 aliphatic heterocycles. The SMILES string of the molecule is CCN1CCN(C(=O)c2sc(NC(=O)C(C)(C)C)cc2C)CC1. The Morgan fingerprint density at radius 1 is 1.22 bits per heavy atom. The maximum Gasteiger partial charge on any atom is 0.264 e. The van der Waals surface area contributed by atoms with Crippen molar-refractivity contribution in [3.8, 4) is 0 Å². The highest BCUT2D eigenvalue weighted by Gasteiger charge is 2.26. The lowest BCUT2D eigenvalue weighted by molar-refractivity contribution is -0.123. The van der Waals surface area contributed by atoms with Gasteiger partial charge in [0, 0.05) is 31.6 Å². The van der Waals surface area contributed by atoms with Crippen molar-refractivity contribution in [2.75, 3.05) is 38.0 Å². The molecule has 0 bridgehead atoms. The molecule has 0 saturated carbocycles. The van der Waals surface area contributed by atoms with Crippen LogP contribution < -0.4 is 5.32 Å². The number of hydrogen-bond acceptors (Lipinski definition) is 4. The summed E-state index contributed by atoms with van der Waals surface area (Å²) in [6.45, 7) is 14.1. The van der Waals surface area contributed by atoms with E-state index in [1.165, 1.54) is 11.3 Å². The molecule has 1 fully saturated rings. The summed E-state index contributed by atoms with van der Waals surface area (Å²) in [5.74, 6) is 0.0498. The molecule has 0 aromatic carbocycles. The topological polar surface area (TPSA) is 52.6 Å². The minimum atomic E-state index is -0.446. The number of amides is 2. The Bertz CT molecular complexity index is 581. The van der Waals surface area contributed by atoms with Gasteiger partial charge in [-0.15, -0.1) is 11.3 Å². The van der Waals surface area contributed by atoms with Gasteiger partial charge in [-0.3, -0.25) is 9.59 Å². The van der Waals surface area contributed by atoms with Crippen molar-refractivity contribution in [3.05, 3.63) is 16.5 Å². The molecule has 0 atom stereocenters.